The van der Waals surface area contributed by atoms with Crippen LogP contribution in [0.15, 0.2) is 6.08 Å². The van der Waals surface area contributed by atoms with Crippen molar-refractivity contribution in [2.45, 2.75) is 64.3 Å². The van der Waals surface area contributed by atoms with Crippen LogP contribution in [0.1, 0.15) is 62.3 Å². The highest BCUT2D eigenvalue weighted by molar-refractivity contribution is 5.69. The first-order valence-electron chi connectivity index (χ1n) is 8.64. The Hall–Kier alpha value is -1.70. The van der Waals surface area contributed by atoms with Gasteiger partial charge < -0.3 is 24.6 Å². The molecule has 25 heavy (non-hydrogen) atoms. The summed E-state index contributed by atoms with van der Waals surface area (Å²) in [5.74, 6) is 0.425. The van der Waals surface area contributed by atoms with Gasteiger partial charge in [0.1, 0.15) is 5.82 Å². The van der Waals surface area contributed by atoms with Crippen molar-refractivity contribution in [3.8, 4) is 0 Å². The molecule has 0 bridgehead atoms. The molecule has 0 amide bonds. The molecule has 0 aliphatic rings. The molecule has 0 unspecified atom stereocenters. The largest absolute Gasteiger partial charge is 0.469 e. The van der Waals surface area contributed by atoms with Crippen molar-refractivity contribution in [1.29, 1.82) is 0 Å². The average molecular weight is 354 g/mol. The number of carbonyl (C=O) groups excluding carboxylic acids is 1. The van der Waals surface area contributed by atoms with Crippen LogP contribution in [0, 0.1) is 6.92 Å². The molecule has 1 heterocycles. The Bertz CT molecular complexity index is 582. The van der Waals surface area contributed by atoms with E-state index in [9.17, 15) is 20.1 Å². The van der Waals surface area contributed by atoms with Gasteiger partial charge in [0.25, 0.3) is 0 Å². The topological polar surface area (TPSA) is 105 Å². The standard InChI is InChI=1S/C18H30N2O5/c1-5-7-16(23)18-13(19-12(2)20(18)3)10-11-15(22)14(21)8-6-9-17(24)25-4/h10-11,14-16,21-23H,5-9H2,1-4H3/b11-10+/t14-,15+,16+/m0/s1. The number of ether oxygens (including phenoxy) is 1. The number of hydrogen-bond donors (Lipinski definition) is 3. The lowest BCUT2D eigenvalue weighted by Crippen LogP contribution is -2.23. The summed E-state index contributed by atoms with van der Waals surface area (Å²) < 4.78 is 6.37. The number of imidazole rings is 1. The minimum absolute atomic E-state index is 0.205. The third kappa shape index (κ3) is 6.26. The van der Waals surface area contributed by atoms with Gasteiger partial charge in [-0.3, -0.25) is 4.79 Å². The maximum Gasteiger partial charge on any atom is 0.305 e. The predicted octanol–water partition coefficient (Wildman–Crippen LogP) is 1.64. The zero-order chi connectivity index (χ0) is 19.0. The number of methoxy groups -OCH3 is 1. The maximum absolute atomic E-state index is 11.0. The predicted molar refractivity (Wildman–Crippen MR) is 94.7 cm³/mol. The molecule has 3 atom stereocenters. The molecule has 142 valence electrons. The molecule has 1 aromatic rings. The maximum atomic E-state index is 11.0. The Balaban J connectivity index is 2.73. The van der Waals surface area contributed by atoms with Gasteiger partial charge in [-0.15, -0.1) is 0 Å². The fraction of sp³-hybridized carbons (Fsp3) is 0.667. The Labute approximate surface area is 149 Å². The van der Waals surface area contributed by atoms with Gasteiger partial charge in [-0.1, -0.05) is 19.4 Å². The molecule has 0 aromatic carbocycles. The van der Waals surface area contributed by atoms with Crippen LogP contribution in [-0.2, 0) is 16.6 Å². The van der Waals surface area contributed by atoms with E-state index in [0.29, 0.717) is 24.2 Å². The number of rotatable bonds is 10. The van der Waals surface area contributed by atoms with Crippen LogP contribution in [-0.4, -0.2) is 50.2 Å². The van der Waals surface area contributed by atoms with E-state index in [2.05, 4.69) is 9.72 Å². The highest BCUT2D eigenvalue weighted by Crippen LogP contribution is 2.24. The van der Waals surface area contributed by atoms with E-state index in [0.717, 1.165) is 12.2 Å². The number of carbonyl (C=O) groups is 1. The third-order valence-electron chi connectivity index (χ3n) is 4.22. The Morgan fingerprint density at radius 2 is 2.00 bits per heavy atom. The Morgan fingerprint density at radius 1 is 1.32 bits per heavy atom. The SMILES string of the molecule is CCC[C@@H](O)c1c(/C=C/[C@@H](O)[C@@H](O)CCCC(=O)OC)nc(C)n1C. The summed E-state index contributed by atoms with van der Waals surface area (Å²) in [5, 5.41) is 30.3. The van der Waals surface area contributed by atoms with Crippen molar-refractivity contribution >= 4 is 12.0 Å². The van der Waals surface area contributed by atoms with Gasteiger partial charge in [-0.05, 0) is 32.3 Å². The van der Waals surface area contributed by atoms with Gasteiger partial charge in [0.15, 0.2) is 0 Å². The van der Waals surface area contributed by atoms with E-state index in [1.54, 1.807) is 6.08 Å². The van der Waals surface area contributed by atoms with Crippen LogP contribution >= 0.6 is 0 Å². The number of aromatic nitrogens is 2. The van der Waals surface area contributed by atoms with Gasteiger partial charge in [-0.25, -0.2) is 4.98 Å². The number of aliphatic hydroxyl groups is 3. The van der Waals surface area contributed by atoms with Crippen molar-refractivity contribution in [2.24, 2.45) is 7.05 Å². The summed E-state index contributed by atoms with van der Waals surface area (Å²) in [7, 11) is 3.15. The summed E-state index contributed by atoms with van der Waals surface area (Å²) in [6, 6.07) is 0. The molecular formula is C18H30N2O5. The highest BCUT2D eigenvalue weighted by atomic mass is 16.5. The minimum Gasteiger partial charge on any atom is -0.469 e. The lowest BCUT2D eigenvalue weighted by atomic mass is 10.1. The van der Waals surface area contributed by atoms with Crippen LogP contribution in [0.3, 0.4) is 0 Å². The number of esters is 1. The molecule has 3 N–H and O–H groups in total. The summed E-state index contributed by atoms with van der Waals surface area (Å²) >= 11 is 0. The van der Waals surface area contributed by atoms with E-state index in [1.807, 2.05) is 25.5 Å². The van der Waals surface area contributed by atoms with E-state index < -0.39 is 18.3 Å². The second kappa shape index (κ2) is 10.3. The Kier molecular flexibility index (Phi) is 8.82. The molecule has 0 radical (unpaired) electrons. The van der Waals surface area contributed by atoms with E-state index in [4.69, 9.17) is 0 Å². The van der Waals surface area contributed by atoms with E-state index in [1.165, 1.54) is 13.2 Å². The fourth-order valence-corrected chi connectivity index (χ4v) is 2.63. The molecular weight excluding hydrogens is 324 g/mol. The fourth-order valence-electron chi connectivity index (χ4n) is 2.63. The van der Waals surface area contributed by atoms with Gasteiger partial charge in [-0.2, -0.15) is 0 Å². The first-order chi connectivity index (χ1) is 11.8. The lowest BCUT2D eigenvalue weighted by Gasteiger charge is -2.14. The molecule has 0 aliphatic heterocycles. The summed E-state index contributed by atoms with van der Waals surface area (Å²) in [4.78, 5) is 15.5. The Morgan fingerprint density at radius 3 is 2.60 bits per heavy atom. The molecule has 0 saturated heterocycles. The third-order valence-corrected chi connectivity index (χ3v) is 4.22. The summed E-state index contributed by atoms with van der Waals surface area (Å²) in [6.45, 7) is 3.84. The molecule has 0 fully saturated rings. The molecule has 0 aliphatic carbocycles. The molecule has 0 saturated carbocycles. The molecule has 7 nitrogen and oxygen atoms in total. The number of aryl methyl sites for hydroxylation is 1. The lowest BCUT2D eigenvalue weighted by molar-refractivity contribution is -0.140. The van der Waals surface area contributed by atoms with Crippen LogP contribution in [0.2, 0.25) is 0 Å². The van der Waals surface area contributed by atoms with Crippen LogP contribution in [0.25, 0.3) is 6.08 Å². The van der Waals surface area contributed by atoms with Crippen LogP contribution in [0.4, 0.5) is 0 Å². The summed E-state index contributed by atoms with van der Waals surface area (Å²) in [5.41, 5.74) is 1.28. The number of aliphatic hydroxyl groups excluding tert-OH is 3. The van der Waals surface area contributed by atoms with Crippen molar-refractivity contribution in [2.75, 3.05) is 7.11 Å². The van der Waals surface area contributed by atoms with E-state index in [-0.39, 0.29) is 18.8 Å². The molecule has 1 aromatic heterocycles. The van der Waals surface area contributed by atoms with Crippen LogP contribution in [0.5, 0.6) is 0 Å². The van der Waals surface area contributed by atoms with Crippen molar-refractivity contribution in [3.63, 3.8) is 0 Å². The molecule has 7 heteroatoms. The molecule has 1 rings (SSSR count). The zero-order valence-electron chi connectivity index (χ0n) is 15.5. The smallest absolute Gasteiger partial charge is 0.305 e. The van der Waals surface area contributed by atoms with Crippen molar-refractivity contribution < 1.29 is 24.9 Å². The monoisotopic (exact) mass is 354 g/mol. The second-order valence-electron chi connectivity index (χ2n) is 6.18. The van der Waals surface area contributed by atoms with Gasteiger partial charge >= 0.3 is 5.97 Å². The quantitative estimate of drug-likeness (QED) is 0.552. The minimum atomic E-state index is -1.07. The second-order valence-corrected chi connectivity index (χ2v) is 6.18. The van der Waals surface area contributed by atoms with Gasteiger partial charge in [0.05, 0.1) is 36.8 Å². The first-order valence-corrected chi connectivity index (χ1v) is 8.64. The van der Waals surface area contributed by atoms with Gasteiger partial charge in [0, 0.05) is 13.5 Å². The first kappa shape index (κ1) is 21.3. The van der Waals surface area contributed by atoms with Crippen molar-refractivity contribution in [3.05, 3.63) is 23.3 Å². The zero-order valence-corrected chi connectivity index (χ0v) is 15.5. The summed E-state index contributed by atoms with van der Waals surface area (Å²) in [6.07, 6.45) is 2.80. The molecule has 0 spiro atoms. The van der Waals surface area contributed by atoms with E-state index >= 15 is 0 Å². The van der Waals surface area contributed by atoms with Gasteiger partial charge in [0.2, 0.25) is 0 Å². The van der Waals surface area contributed by atoms with Crippen LogP contribution < -0.4 is 0 Å². The highest BCUT2D eigenvalue weighted by Gasteiger charge is 2.19. The number of nitrogens with zero attached hydrogens (tertiary/aromatic N) is 2. The average Bonchev–Trinajstić information content (AvgIpc) is 2.86. The number of hydrogen-bond acceptors (Lipinski definition) is 6. The van der Waals surface area contributed by atoms with Crippen molar-refractivity contribution in [1.82, 2.24) is 9.55 Å². The normalized spacial score (nSPS) is 15.3.